The van der Waals surface area contributed by atoms with Gasteiger partial charge in [-0.15, -0.1) is 11.3 Å². The quantitative estimate of drug-likeness (QED) is 0.820. The highest BCUT2D eigenvalue weighted by atomic mass is 32.1. The Hall–Kier alpha value is -0.940. The van der Waals surface area contributed by atoms with Crippen molar-refractivity contribution in [2.24, 2.45) is 5.92 Å². The van der Waals surface area contributed by atoms with Gasteiger partial charge in [0, 0.05) is 18.0 Å². The van der Waals surface area contributed by atoms with E-state index in [1.165, 1.54) is 24.2 Å². The SMILES string of the molecule is CC1CC(NCc2csc(C(=O)O)n2)C1. The molecule has 4 nitrogen and oxygen atoms in total. The summed E-state index contributed by atoms with van der Waals surface area (Å²) in [6.45, 7) is 2.92. The van der Waals surface area contributed by atoms with Crippen LogP contribution >= 0.6 is 11.3 Å². The Morgan fingerprint density at radius 3 is 3.00 bits per heavy atom. The lowest BCUT2D eigenvalue weighted by Gasteiger charge is -2.33. The van der Waals surface area contributed by atoms with Gasteiger partial charge in [0.2, 0.25) is 5.01 Å². The van der Waals surface area contributed by atoms with Gasteiger partial charge in [0.1, 0.15) is 0 Å². The van der Waals surface area contributed by atoms with Crippen LogP contribution in [0.4, 0.5) is 0 Å². The van der Waals surface area contributed by atoms with Crippen molar-refractivity contribution < 1.29 is 9.90 Å². The number of nitrogens with zero attached hydrogens (tertiary/aromatic N) is 1. The second-order valence-electron chi connectivity index (χ2n) is 4.10. The van der Waals surface area contributed by atoms with Gasteiger partial charge in [-0.2, -0.15) is 0 Å². The molecular weight excluding hydrogens is 212 g/mol. The summed E-state index contributed by atoms with van der Waals surface area (Å²) in [5, 5.41) is 14.0. The molecule has 0 saturated heterocycles. The second-order valence-corrected chi connectivity index (χ2v) is 4.96. The average Bonchev–Trinajstić information content (AvgIpc) is 2.59. The summed E-state index contributed by atoms with van der Waals surface area (Å²) >= 11 is 1.18. The Morgan fingerprint density at radius 1 is 1.73 bits per heavy atom. The summed E-state index contributed by atoms with van der Waals surface area (Å²) in [6.07, 6.45) is 2.44. The number of aromatic carboxylic acids is 1. The highest BCUT2D eigenvalue weighted by Crippen LogP contribution is 2.26. The molecule has 2 N–H and O–H groups in total. The predicted molar refractivity (Wildman–Crippen MR) is 58.1 cm³/mol. The molecule has 1 saturated carbocycles. The maximum absolute atomic E-state index is 10.6. The molecule has 1 aliphatic rings. The zero-order chi connectivity index (χ0) is 10.8. The van der Waals surface area contributed by atoms with Crippen LogP contribution in [0.25, 0.3) is 0 Å². The Labute approximate surface area is 92.3 Å². The fourth-order valence-electron chi connectivity index (χ4n) is 1.80. The van der Waals surface area contributed by atoms with Crippen LogP contribution in [0.5, 0.6) is 0 Å². The van der Waals surface area contributed by atoms with Crippen LogP contribution in [-0.2, 0) is 6.54 Å². The van der Waals surface area contributed by atoms with E-state index in [0.717, 1.165) is 11.6 Å². The van der Waals surface area contributed by atoms with Crippen molar-refractivity contribution in [2.75, 3.05) is 0 Å². The fourth-order valence-corrected chi connectivity index (χ4v) is 2.46. The van der Waals surface area contributed by atoms with E-state index in [1.807, 2.05) is 0 Å². The molecule has 0 aromatic carbocycles. The largest absolute Gasteiger partial charge is 0.476 e. The number of carboxylic acids is 1. The highest BCUT2D eigenvalue weighted by molar-refractivity contribution is 7.11. The third-order valence-electron chi connectivity index (χ3n) is 2.68. The highest BCUT2D eigenvalue weighted by Gasteiger charge is 2.24. The third-order valence-corrected chi connectivity index (χ3v) is 3.56. The molecule has 0 radical (unpaired) electrons. The van der Waals surface area contributed by atoms with Crippen molar-refractivity contribution >= 4 is 17.3 Å². The molecule has 1 heterocycles. The van der Waals surface area contributed by atoms with Crippen molar-refractivity contribution in [1.29, 1.82) is 0 Å². The molecule has 1 fully saturated rings. The molecule has 0 amide bonds. The first-order valence-corrected chi connectivity index (χ1v) is 5.94. The molecule has 1 aromatic rings. The molecule has 0 atom stereocenters. The van der Waals surface area contributed by atoms with Crippen LogP contribution in [-0.4, -0.2) is 22.1 Å². The lowest BCUT2D eigenvalue weighted by molar-refractivity contribution is 0.0696. The minimum absolute atomic E-state index is 0.175. The van der Waals surface area contributed by atoms with E-state index >= 15 is 0 Å². The zero-order valence-electron chi connectivity index (χ0n) is 8.56. The number of hydrogen-bond donors (Lipinski definition) is 2. The summed E-state index contributed by atoms with van der Waals surface area (Å²) in [4.78, 5) is 14.6. The van der Waals surface area contributed by atoms with Crippen molar-refractivity contribution in [2.45, 2.75) is 32.4 Å². The summed E-state index contributed by atoms with van der Waals surface area (Å²) < 4.78 is 0. The second kappa shape index (κ2) is 4.28. The van der Waals surface area contributed by atoms with Crippen molar-refractivity contribution in [3.63, 3.8) is 0 Å². The van der Waals surface area contributed by atoms with Crippen LogP contribution in [0.2, 0.25) is 0 Å². The van der Waals surface area contributed by atoms with Crippen LogP contribution < -0.4 is 5.32 Å². The monoisotopic (exact) mass is 226 g/mol. The van der Waals surface area contributed by atoms with Crippen LogP contribution in [0.15, 0.2) is 5.38 Å². The van der Waals surface area contributed by atoms with Crippen molar-refractivity contribution in [3.8, 4) is 0 Å². The summed E-state index contributed by atoms with van der Waals surface area (Å²) in [6, 6.07) is 0.593. The van der Waals surface area contributed by atoms with Gasteiger partial charge in [0.15, 0.2) is 0 Å². The number of thiazole rings is 1. The van der Waals surface area contributed by atoms with Gasteiger partial charge in [0.05, 0.1) is 5.69 Å². The molecule has 0 unspecified atom stereocenters. The van der Waals surface area contributed by atoms with Crippen LogP contribution in [0.3, 0.4) is 0 Å². The minimum Gasteiger partial charge on any atom is -0.476 e. The van der Waals surface area contributed by atoms with Gasteiger partial charge in [-0.3, -0.25) is 0 Å². The first-order chi connectivity index (χ1) is 7.15. The van der Waals surface area contributed by atoms with E-state index in [0.29, 0.717) is 12.6 Å². The summed E-state index contributed by atoms with van der Waals surface area (Å²) in [5.41, 5.74) is 0.831. The smallest absolute Gasteiger partial charge is 0.365 e. The molecule has 82 valence electrons. The van der Waals surface area contributed by atoms with E-state index in [9.17, 15) is 4.79 Å². The molecule has 1 aromatic heterocycles. The van der Waals surface area contributed by atoms with E-state index in [1.54, 1.807) is 5.38 Å². The van der Waals surface area contributed by atoms with E-state index in [2.05, 4.69) is 17.2 Å². The standard InChI is InChI=1S/C10H14N2O2S/c1-6-2-7(3-6)11-4-8-5-15-9(12-8)10(13)14/h5-7,11H,2-4H2,1H3,(H,13,14). The minimum atomic E-state index is -0.941. The third kappa shape index (κ3) is 2.54. The lowest BCUT2D eigenvalue weighted by Crippen LogP contribution is -2.39. The van der Waals surface area contributed by atoms with Gasteiger partial charge < -0.3 is 10.4 Å². The first-order valence-electron chi connectivity index (χ1n) is 5.06. The van der Waals surface area contributed by atoms with Crippen molar-refractivity contribution in [3.05, 3.63) is 16.1 Å². The predicted octanol–water partition coefficient (Wildman–Crippen LogP) is 1.73. The van der Waals surface area contributed by atoms with E-state index < -0.39 is 5.97 Å². The number of carboxylic acid groups (broad SMARTS) is 1. The molecule has 15 heavy (non-hydrogen) atoms. The molecule has 0 spiro atoms. The fraction of sp³-hybridized carbons (Fsp3) is 0.600. The van der Waals surface area contributed by atoms with Crippen LogP contribution in [0.1, 0.15) is 35.3 Å². The molecule has 5 heteroatoms. The molecule has 0 aliphatic heterocycles. The average molecular weight is 226 g/mol. The van der Waals surface area contributed by atoms with E-state index in [4.69, 9.17) is 5.11 Å². The first kappa shape index (κ1) is 10.6. The Morgan fingerprint density at radius 2 is 2.47 bits per heavy atom. The van der Waals surface area contributed by atoms with Gasteiger partial charge in [0.25, 0.3) is 0 Å². The van der Waals surface area contributed by atoms with E-state index in [-0.39, 0.29) is 5.01 Å². The van der Waals surface area contributed by atoms with Gasteiger partial charge in [-0.25, -0.2) is 9.78 Å². The lowest BCUT2D eigenvalue weighted by atomic mass is 9.82. The maximum Gasteiger partial charge on any atom is 0.365 e. The van der Waals surface area contributed by atoms with Gasteiger partial charge >= 0.3 is 5.97 Å². The topological polar surface area (TPSA) is 62.2 Å². The Bertz CT molecular complexity index is 358. The van der Waals surface area contributed by atoms with Gasteiger partial charge in [-0.05, 0) is 18.8 Å². The number of rotatable bonds is 4. The summed E-state index contributed by atoms with van der Waals surface area (Å²) in [7, 11) is 0. The normalized spacial score (nSPS) is 24.9. The molecule has 1 aliphatic carbocycles. The summed E-state index contributed by atoms with van der Waals surface area (Å²) in [5.74, 6) is -0.115. The molecular formula is C10H14N2O2S. The number of aromatic nitrogens is 1. The number of nitrogens with one attached hydrogen (secondary N) is 1. The molecule has 2 rings (SSSR count). The van der Waals surface area contributed by atoms with Crippen molar-refractivity contribution in [1.82, 2.24) is 10.3 Å². The van der Waals surface area contributed by atoms with Crippen LogP contribution in [0, 0.1) is 5.92 Å². The number of carbonyl (C=O) groups is 1. The van der Waals surface area contributed by atoms with Gasteiger partial charge in [-0.1, -0.05) is 6.92 Å². The number of hydrogen-bond acceptors (Lipinski definition) is 4. The zero-order valence-corrected chi connectivity index (χ0v) is 9.38. The molecule has 0 bridgehead atoms. The Balaban J connectivity index is 1.81. The maximum atomic E-state index is 10.6. The Kier molecular flexibility index (Phi) is 3.02.